The van der Waals surface area contributed by atoms with E-state index in [2.05, 4.69) is 22.5 Å². The number of benzene rings is 1. The first-order valence-corrected chi connectivity index (χ1v) is 11.3. The Balaban J connectivity index is 0.00000341. The lowest BCUT2D eigenvalue weighted by Gasteiger charge is -2.34. The number of para-hydroxylation sites is 2. The van der Waals surface area contributed by atoms with E-state index in [4.69, 9.17) is 19.2 Å². The van der Waals surface area contributed by atoms with Crippen molar-refractivity contribution in [1.82, 2.24) is 15.5 Å². The van der Waals surface area contributed by atoms with Gasteiger partial charge in [-0.05, 0) is 51.2 Å². The van der Waals surface area contributed by atoms with Crippen LogP contribution >= 0.6 is 24.0 Å². The molecule has 0 radical (unpaired) electrons. The monoisotopic (exact) mass is 546 g/mol. The van der Waals surface area contributed by atoms with Crippen LogP contribution in [0.3, 0.4) is 0 Å². The van der Waals surface area contributed by atoms with Crippen LogP contribution in [-0.4, -0.2) is 76.1 Å². The van der Waals surface area contributed by atoms with Crippen molar-refractivity contribution in [2.45, 2.75) is 45.3 Å². The Morgan fingerprint density at radius 1 is 1.23 bits per heavy atom. The number of methoxy groups -OCH3 is 1. The molecule has 2 unspecified atom stereocenters. The predicted molar refractivity (Wildman–Crippen MR) is 136 cm³/mol. The van der Waals surface area contributed by atoms with Gasteiger partial charge in [-0.2, -0.15) is 0 Å². The van der Waals surface area contributed by atoms with E-state index in [0.717, 1.165) is 69.1 Å². The summed E-state index contributed by atoms with van der Waals surface area (Å²) in [4.78, 5) is 7.35. The lowest BCUT2D eigenvalue weighted by atomic mass is 10.0. The van der Waals surface area contributed by atoms with Gasteiger partial charge in [0, 0.05) is 38.8 Å². The first-order valence-electron chi connectivity index (χ1n) is 11.3. The van der Waals surface area contributed by atoms with E-state index in [9.17, 15) is 0 Å². The number of nitrogens with one attached hydrogen (secondary N) is 2. The lowest BCUT2D eigenvalue weighted by molar-refractivity contribution is 0.150. The van der Waals surface area contributed by atoms with Gasteiger partial charge in [0.05, 0.1) is 20.3 Å². The summed E-state index contributed by atoms with van der Waals surface area (Å²) < 4.78 is 16.9. The summed E-state index contributed by atoms with van der Waals surface area (Å²) in [5, 5.41) is 6.99. The molecule has 176 valence electrons. The number of ether oxygens (including phenoxy) is 3. The van der Waals surface area contributed by atoms with Crippen LogP contribution in [0.25, 0.3) is 0 Å². The van der Waals surface area contributed by atoms with Crippen LogP contribution in [0.5, 0.6) is 11.5 Å². The maximum atomic E-state index is 6.03. The summed E-state index contributed by atoms with van der Waals surface area (Å²) in [7, 11) is 1.66. The van der Waals surface area contributed by atoms with Gasteiger partial charge in [0.2, 0.25) is 0 Å². The van der Waals surface area contributed by atoms with Crippen LogP contribution < -0.4 is 20.1 Å². The second-order valence-electron chi connectivity index (χ2n) is 8.25. The van der Waals surface area contributed by atoms with Gasteiger partial charge >= 0.3 is 0 Å². The van der Waals surface area contributed by atoms with Crippen molar-refractivity contribution in [1.29, 1.82) is 0 Å². The van der Waals surface area contributed by atoms with E-state index in [-0.39, 0.29) is 30.1 Å². The van der Waals surface area contributed by atoms with Gasteiger partial charge in [-0.1, -0.05) is 12.1 Å². The van der Waals surface area contributed by atoms with Crippen molar-refractivity contribution in [2.75, 3.05) is 53.0 Å². The van der Waals surface area contributed by atoms with Gasteiger partial charge in [0.25, 0.3) is 0 Å². The fourth-order valence-electron chi connectivity index (χ4n) is 4.06. The van der Waals surface area contributed by atoms with Gasteiger partial charge in [-0.15, -0.1) is 24.0 Å². The Hall–Kier alpha value is -1.26. The molecule has 0 saturated carbocycles. The van der Waals surface area contributed by atoms with Gasteiger partial charge in [-0.3, -0.25) is 0 Å². The van der Waals surface area contributed by atoms with Crippen LogP contribution in [-0.2, 0) is 4.74 Å². The van der Waals surface area contributed by atoms with Crippen LogP contribution in [0.2, 0.25) is 0 Å². The number of rotatable bonds is 9. The maximum absolute atomic E-state index is 6.03. The summed E-state index contributed by atoms with van der Waals surface area (Å²) in [5.74, 6) is 3.09. The molecule has 0 aromatic heterocycles. The minimum atomic E-state index is -0.0489. The van der Waals surface area contributed by atoms with Crippen LogP contribution in [0.4, 0.5) is 0 Å². The fraction of sp³-hybridized carbons (Fsp3) is 0.696. The maximum Gasteiger partial charge on any atom is 0.191 e. The summed E-state index contributed by atoms with van der Waals surface area (Å²) in [6.07, 6.45) is 3.45. The van der Waals surface area contributed by atoms with E-state index in [1.165, 1.54) is 13.0 Å². The molecule has 7 nitrogen and oxygen atoms in total. The molecular formula is C23H39IN4O3. The zero-order chi connectivity index (χ0) is 21.2. The molecule has 0 bridgehead atoms. The SMILES string of the molecule is CCNC(=NCC(C)Oc1ccccc1OC)NC1CCN(CC2CCOC2)CC1.I. The molecular weight excluding hydrogens is 507 g/mol. The van der Waals surface area contributed by atoms with Crippen molar-refractivity contribution in [3.05, 3.63) is 24.3 Å². The Morgan fingerprint density at radius 2 is 1.97 bits per heavy atom. The highest BCUT2D eigenvalue weighted by atomic mass is 127. The first-order chi connectivity index (χ1) is 14.7. The second-order valence-corrected chi connectivity index (χ2v) is 8.25. The van der Waals surface area contributed by atoms with E-state index in [1.807, 2.05) is 31.2 Å². The molecule has 2 atom stereocenters. The molecule has 0 spiro atoms. The zero-order valence-electron chi connectivity index (χ0n) is 19.1. The van der Waals surface area contributed by atoms with Crippen molar-refractivity contribution in [3.8, 4) is 11.5 Å². The third-order valence-corrected chi connectivity index (χ3v) is 5.72. The minimum absolute atomic E-state index is 0. The van der Waals surface area contributed by atoms with Gasteiger partial charge < -0.3 is 29.7 Å². The Kier molecular flexibility index (Phi) is 11.7. The summed E-state index contributed by atoms with van der Waals surface area (Å²) >= 11 is 0. The molecule has 2 aliphatic rings. The van der Waals surface area contributed by atoms with Gasteiger partial charge in [0.1, 0.15) is 6.10 Å². The molecule has 2 aliphatic heterocycles. The number of nitrogens with zero attached hydrogens (tertiary/aromatic N) is 2. The Bertz CT molecular complexity index is 662. The van der Waals surface area contributed by atoms with E-state index in [1.54, 1.807) is 7.11 Å². The second kappa shape index (κ2) is 14.0. The van der Waals surface area contributed by atoms with E-state index in [0.29, 0.717) is 12.6 Å². The molecule has 31 heavy (non-hydrogen) atoms. The standard InChI is InChI=1S/C23H38N4O3.HI/c1-4-24-23(25-15-18(2)30-22-8-6-5-7-21(22)28-3)26-20-9-12-27(13-10-20)16-19-11-14-29-17-19;/h5-8,18-20H,4,9-17H2,1-3H3,(H2,24,25,26);1H. The molecule has 3 rings (SSSR count). The number of halogens is 1. The molecule has 2 heterocycles. The largest absolute Gasteiger partial charge is 0.493 e. The molecule has 8 heteroatoms. The Labute approximate surface area is 204 Å². The number of hydrogen-bond donors (Lipinski definition) is 2. The molecule has 2 fully saturated rings. The number of piperidine rings is 1. The lowest BCUT2D eigenvalue weighted by Crippen LogP contribution is -2.49. The van der Waals surface area contributed by atoms with Crippen LogP contribution in [0.1, 0.15) is 33.1 Å². The highest BCUT2D eigenvalue weighted by Gasteiger charge is 2.24. The van der Waals surface area contributed by atoms with E-state index < -0.39 is 0 Å². The molecule has 0 amide bonds. The van der Waals surface area contributed by atoms with Gasteiger partial charge in [0.15, 0.2) is 17.5 Å². The quantitative estimate of drug-likeness (QED) is 0.282. The van der Waals surface area contributed by atoms with Gasteiger partial charge in [-0.25, -0.2) is 4.99 Å². The Morgan fingerprint density at radius 3 is 2.61 bits per heavy atom. The molecule has 2 N–H and O–H groups in total. The first kappa shape index (κ1) is 26.0. The average molecular weight is 546 g/mol. The number of guanidine groups is 1. The molecule has 2 saturated heterocycles. The average Bonchev–Trinajstić information content (AvgIpc) is 3.27. The van der Waals surface area contributed by atoms with E-state index >= 15 is 0 Å². The zero-order valence-corrected chi connectivity index (χ0v) is 21.5. The molecule has 1 aromatic carbocycles. The predicted octanol–water partition coefficient (Wildman–Crippen LogP) is 3.14. The topological polar surface area (TPSA) is 67.4 Å². The van der Waals surface area contributed by atoms with Crippen molar-refractivity contribution < 1.29 is 14.2 Å². The van der Waals surface area contributed by atoms with Crippen LogP contribution in [0, 0.1) is 5.92 Å². The highest BCUT2D eigenvalue weighted by molar-refractivity contribution is 14.0. The molecule has 0 aliphatic carbocycles. The minimum Gasteiger partial charge on any atom is -0.493 e. The highest BCUT2D eigenvalue weighted by Crippen LogP contribution is 2.26. The van der Waals surface area contributed by atoms with Crippen molar-refractivity contribution >= 4 is 29.9 Å². The summed E-state index contributed by atoms with van der Waals surface area (Å²) in [6, 6.07) is 8.18. The third kappa shape index (κ3) is 8.65. The normalized spacial score (nSPS) is 21.3. The number of likely N-dealkylation sites (tertiary alicyclic amines) is 1. The smallest absolute Gasteiger partial charge is 0.191 e. The summed E-state index contributed by atoms with van der Waals surface area (Å²) in [6.45, 7) is 10.9. The summed E-state index contributed by atoms with van der Waals surface area (Å²) in [5.41, 5.74) is 0. The third-order valence-electron chi connectivity index (χ3n) is 5.72. The van der Waals surface area contributed by atoms with Crippen molar-refractivity contribution in [3.63, 3.8) is 0 Å². The number of aliphatic imine (C=N–C) groups is 1. The van der Waals surface area contributed by atoms with Crippen molar-refractivity contribution in [2.24, 2.45) is 10.9 Å². The van der Waals surface area contributed by atoms with Crippen LogP contribution in [0.15, 0.2) is 29.3 Å². The fourth-order valence-corrected chi connectivity index (χ4v) is 4.06. The molecule has 1 aromatic rings. The number of hydrogen-bond acceptors (Lipinski definition) is 5.